The Kier molecular flexibility index (Phi) is 4.67. The molecule has 0 aromatic heterocycles. The summed E-state index contributed by atoms with van der Waals surface area (Å²) in [5.74, 6) is -7.46. The van der Waals surface area contributed by atoms with Gasteiger partial charge in [0.15, 0.2) is 23.3 Å². The number of carbonyl (C=O) groups excluding carboxylic acids is 1. The molecule has 0 bridgehead atoms. The summed E-state index contributed by atoms with van der Waals surface area (Å²) in [6, 6.07) is 4.50. The van der Waals surface area contributed by atoms with Crippen molar-refractivity contribution in [2.75, 3.05) is 5.32 Å². The number of hydrogen-bond donors (Lipinski definition) is 1. The van der Waals surface area contributed by atoms with Crippen molar-refractivity contribution in [1.82, 2.24) is 0 Å². The van der Waals surface area contributed by atoms with Crippen molar-refractivity contribution in [1.29, 1.82) is 0 Å². The molecule has 0 fully saturated rings. The van der Waals surface area contributed by atoms with Crippen molar-refractivity contribution in [3.05, 3.63) is 62.0 Å². The van der Waals surface area contributed by atoms with Crippen LogP contribution in [0.2, 0.25) is 0 Å². The van der Waals surface area contributed by atoms with Gasteiger partial charge in [0.2, 0.25) is 0 Å². The molecule has 0 saturated carbocycles. The largest absolute Gasteiger partial charge is 0.317 e. The van der Waals surface area contributed by atoms with Crippen LogP contribution < -0.4 is 5.32 Å². The molecule has 0 unspecified atom stereocenters. The van der Waals surface area contributed by atoms with E-state index >= 15 is 0 Å². The SMILES string of the molecule is O=C(Nc1c(F)c(F)cc(F)c1F)c1ccc(Br)cc1Br. The molecule has 0 atom stereocenters. The van der Waals surface area contributed by atoms with Crippen LogP contribution in [0.1, 0.15) is 10.4 Å². The number of amides is 1. The molecule has 0 saturated heterocycles. The lowest BCUT2D eigenvalue weighted by Gasteiger charge is -2.10. The number of nitrogens with one attached hydrogen (secondary N) is 1. The maximum atomic E-state index is 13.5. The van der Waals surface area contributed by atoms with Gasteiger partial charge in [-0.3, -0.25) is 4.79 Å². The van der Waals surface area contributed by atoms with Gasteiger partial charge in [-0.25, -0.2) is 17.6 Å². The quantitative estimate of drug-likeness (QED) is 0.530. The highest BCUT2D eigenvalue weighted by molar-refractivity contribution is 9.11. The van der Waals surface area contributed by atoms with Gasteiger partial charge in [0.1, 0.15) is 5.69 Å². The lowest BCUT2D eigenvalue weighted by Crippen LogP contribution is -2.16. The third-order valence-electron chi connectivity index (χ3n) is 2.53. The average molecular weight is 427 g/mol. The fourth-order valence-corrected chi connectivity index (χ4v) is 2.76. The zero-order valence-corrected chi connectivity index (χ0v) is 13.2. The van der Waals surface area contributed by atoms with Crippen molar-refractivity contribution >= 4 is 43.5 Å². The Balaban J connectivity index is 2.41. The fourth-order valence-electron chi connectivity index (χ4n) is 1.54. The van der Waals surface area contributed by atoms with Gasteiger partial charge in [-0.1, -0.05) is 15.9 Å². The first-order valence-electron chi connectivity index (χ1n) is 5.40. The summed E-state index contributed by atoms with van der Waals surface area (Å²) in [6.45, 7) is 0. The third kappa shape index (κ3) is 3.26. The summed E-state index contributed by atoms with van der Waals surface area (Å²) >= 11 is 6.27. The number of carbonyl (C=O) groups is 1. The highest BCUT2D eigenvalue weighted by Gasteiger charge is 2.22. The van der Waals surface area contributed by atoms with E-state index in [1.54, 1.807) is 0 Å². The average Bonchev–Trinajstić information content (AvgIpc) is 2.41. The van der Waals surface area contributed by atoms with Crippen molar-refractivity contribution in [3.8, 4) is 0 Å². The molecule has 1 N–H and O–H groups in total. The predicted octanol–water partition coefficient (Wildman–Crippen LogP) is 5.02. The zero-order chi connectivity index (χ0) is 15.7. The summed E-state index contributed by atoms with van der Waals surface area (Å²) in [5, 5.41) is 1.82. The van der Waals surface area contributed by atoms with E-state index in [9.17, 15) is 22.4 Å². The maximum Gasteiger partial charge on any atom is 0.256 e. The molecule has 110 valence electrons. The molecule has 2 nitrogen and oxygen atoms in total. The number of hydrogen-bond acceptors (Lipinski definition) is 1. The first kappa shape index (κ1) is 16.0. The molecule has 2 aromatic carbocycles. The third-order valence-corrected chi connectivity index (χ3v) is 3.68. The lowest BCUT2D eigenvalue weighted by molar-refractivity contribution is 0.102. The van der Waals surface area contributed by atoms with Crippen LogP contribution in [0.4, 0.5) is 23.2 Å². The van der Waals surface area contributed by atoms with E-state index in [0.29, 0.717) is 8.95 Å². The molecular formula is C13H5Br2F4NO. The lowest BCUT2D eigenvalue weighted by atomic mass is 10.2. The van der Waals surface area contributed by atoms with E-state index < -0.39 is 34.9 Å². The van der Waals surface area contributed by atoms with Crippen molar-refractivity contribution in [2.45, 2.75) is 0 Å². The van der Waals surface area contributed by atoms with Gasteiger partial charge in [0, 0.05) is 15.0 Å². The summed E-state index contributed by atoms with van der Waals surface area (Å²) < 4.78 is 54.1. The Labute approximate surface area is 133 Å². The van der Waals surface area contributed by atoms with E-state index in [2.05, 4.69) is 31.9 Å². The van der Waals surface area contributed by atoms with E-state index in [1.807, 2.05) is 5.32 Å². The van der Waals surface area contributed by atoms with Gasteiger partial charge in [-0.15, -0.1) is 0 Å². The van der Waals surface area contributed by atoms with Gasteiger partial charge in [-0.05, 0) is 34.1 Å². The maximum absolute atomic E-state index is 13.5. The Hall–Kier alpha value is -1.41. The highest BCUT2D eigenvalue weighted by Crippen LogP contribution is 2.27. The molecular weight excluding hydrogens is 422 g/mol. The minimum absolute atomic E-state index is 0.0432. The Morgan fingerprint density at radius 3 is 2.05 bits per heavy atom. The van der Waals surface area contributed by atoms with Crippen LogP contribution in [0.15, 0.2) is 33.2 Å². The molecule has 1 amide bonds. The van der Waals surface area contributed by atoms with Crippen LogP contribution in [0.3, 0.4) is 0 Å². The zero-order valence-electron chi connectivity index (χ0n) is 9.99. The fraction of sp³-hybridized carbons (Fsp3) is 0. The second-order valence-electron chi connectivity index (χ2n) is 3.92. The van der Waals surface area contributed by atoms with Gasteiger partial charge in [0.25, 0.3) is 5.91 Å². The van der Waals surface area contributed by atoms with E-state index in [4.69, 9.17) is 0 Å². The summed E-state index contributed by atoms with van der Waals surface area (Å²) in [5.41, 5.74) is -1.13. The normalized spacial score (nSPS) is 10.6. The highest BCUT2D eigenvalue weighted by atomic mass is 79.9. The first-order valence-corrected chi connectivity index (χ1v) is 6.99. The number of benzene rings is 2. The number of rotatable bonds is 2. The van der Waals surface area contributed by atoms with Crippen LogP contribution in [0.25, 0.3) is 0 Å². The Morgan fingerprint density at radius 1 is 0.952 bits per heavy atom. The van der Waals surface area contributed by atoms with E-state index in [0.717, 1.165) is 0 Å². The summed E-state index contributed by atoms with van der Waals surface area (Å²) in [6.07, 6.45) is 0. The van der Waals surface area contributed by atoms with Crippen molar-refractivity contribution < 1.29 is 22.4 Å². The van der Waals surface area contributed by atoms with E-state index in [1.165, 1.54) is 18.2 Å². The van der Waals surface area contributed by atoms with Crippen LogP contribution in [0.5, 0.6) is 0 Å². The van der Waals surface area contributed by atoms with Gasteiger partial charge < -0.3 is 5.32 Å². The van der Waals surface area contributed by atoms with Gasteiger partial charge in [0.05, 0.1) is 5.56 Å². The molecule has 21 heavy (non-hydrogen) atoms. The Morgan fingerprint density at radius 2 is 1.52 bits per heavy atom. The van der Waals surface area contributed by atoms with Crippen molar-refractivity contribution in [3.63, 3.8) is 0 Å². The molecule has 0 aliphatic rings. The molecule has 8 heteroatoms. The van der Waals surface area contributed by atoms with Crippen LogP contribution in [-0.2, 0) is 0 Å². The first-order chi connectivity index (χ1) is 9.81. The molecule has 2 aromatic rings. The molecule has 0 radical (unpaired) electrons. The second-order valence-corrected chi connectivity index (χ2v) is 5.69. The second kappa shape index (κ2) is 6.15. The topological polar surface area (TPSA) is 29.1 Å². The standard InChI is InChI=1S/C13H5Br2F4NO/c14-5-1-2-6(7(15)3-5)13(21)20-12-10(18)8(16)4-9(17)11(12)19/h1-4H,(H,20,21). The minimum atomic E-state index is -1.67. The molecule has 0 aliphatic carbocycles. The number of halogens is 6. The smallest absolute Gasteiger partial charge is 0.256 e. The molecule has 0 heterocycles. The Bertz CT molecular complexity index is 710. The van der Waals surface area contributed by atoms with Gasteiger partial charge in [-0.2, -0.15) is 0 Å². The van der Waals surface area contributed by atoms with E-state index in [-0.39, 0.29) is 11.6 Å². The van der Waals surface area contributed by atoms with Crippen LogP contribution >= 0.6 is 31.9 Å². The van der Waals surface area contributed by atoms with Crippen LogP contribution in [-0.4, -0.2) is 5.91 Å². The summed E-state index contributed by atoms with van der Waals surface area (Å²) in [4.78, 5) is 11.9. The molecule has 2 rings (SSSR count). The monoisotopic (exact) mass is 425 g/mol. The summed E-state index contributed by atoms with van der Waals surface area (Å²) in [7, 11) is 0. The van der Waals surface area contributed by atoms with Crippen molar-refractivity contribution in [2.24, 2.45) is 0 Å². The molecule has 0 aliphatic heterocycles. The predicted molar refractivity (Wildman–Crippen MR) is 76.1 cm³/mol. The van der Waals surface area contributed by atoms with Gasteiger partial charge >= 0.3 is 0 Å². The molecule has 0 spiro atoms. The minimum Gasteiger partial charge on any atom is -0.317 e. The number of anilines is 1. The van der Waals surface area contributed by atoms with Crippen LogP contribution in [0, 0.1) is 23.3 Å².